The maximum atomic E-state index is 12.4. The number of imidazole rings is 1. The van der Waals surface area contributed by atoms with Crippen LogP contribution in [0.15, 0.2) is 18.7 Å². The molecular formula is C18H32N4O2. The summed E-state index contributed by atoms with van der Waals surface area (Å²) in [6.45, 7) is 13.5. The smallest absolute Gasteiger partial charge is 0.410 e. The lowest BCUT2D eigenvalue weighted by molar-refractivity contribution is 0.0200. The van der Waals surface area contributed by atoms with Gasteiger partial charge in [0.1, 0.15) is 5.60 Å². The van der Waals surface area contributed by atoms with Crippen molar-refractivity contribution in [2.45, 2.75) is 65.6 Å². The molecular weight excluding hydrogens is 304 g/mol. The molecule has 6 heteroatoms. The van der Waals surface area contributed by atoms with E-state index in [0.29, 0.717) is 6.04 Å². The highest BCUT2D eigenvalue weighted by atomic mass is 16.6. The van der Waals surface area contributed by atoms with Crippen LogP contribution in [0.5, 0.6) is 0 Å². The molecule has 0 aliphatic carbocycles. The van der Waals surface area contributed by atoms with Gasteiger partial charge in [-0.25, -0.2) is 9.78 Å². The number of rotatable bonds is 4. The Hall–Kier alpha value is -1.56. The predicted octanol–water partition coefficient (Wildman–Crippen LogP) is 2.90. The molecule has 1 aliphatic rings. The van der Waals surface area contributed by atoms with Crippen LogP contribution in [0.25, 0.3) is 0 Å². The van der Waals surface area contributed by atoms with E-state index < -0.39 is 5.60 Å². The van der Waals surface area contributed by atoms with E-state index in [0.717, 1.165) is 39.0 Å². The lowest BCUT2D eigenvalue weighted by atomic mass is 9.86. The van der Waals surface area contributed by atoms with E-state index in [2.05, 4.69) is 28.7 Å². The first-order chi connectivity index (χ1) is 11.1. The zero-order valence-corrected chi connectivity index (χ0v) is 15.7. The summed E-state index contributed by atoms with van der Waals surface area (Å²) in [4.78, 5) is 18.3. The number of likely N-dealkylation sites (tertiary alicyclic amines) is 1. The van der Waals surface area contributed by atoms with Crippen molar-refractivity contribution in [3.05, 3.63) is 18.7 Å². The van der Waals surface area contributed by atoms with E-state index in [9.17, 15) is 4.79 Å². The highest BCUT2D eigenvalue weighted by molar-refractivity contribution is 5.68. The number of carbonyl (C=O) groups excluding carboxylic acids is 1. The first kappa shape index (κ1) is 18.8. The molecule has 1 fully saturated rings. The highest BCUT2D eigenvalue weighted by Gasteiger charge is 2.33. The molecule has 0 aromatic carbocycles. The summed E-state index contributed by atoms with van der Waals surface area (Å²) >= 11 is 0. The summed E-state index contributed by atoms with van der Waals surface area (Å²) in [6.07, 6.45) is 7.41. The van der Waals surface area contributed by atoms with Crippen LogP contribution in [-0.2, 0) is 11.3 Å². The van der Waals surface area contributed by atoms with Gasteiger partial charge in [0.05, 0.1) is 6.33 Å². The van der Waals surface area contributed by atoms with E-state index in [-0.39, 0.29) is 11.5 Å². The van der Waals surface area contributed by atoms with Gasteiger partial charge < -0.3 is 19.5 Å². The number of carbonyl (C=O) groups is 1. The Morgan fingerprint density at radius 1 is 1.42 bits per heavy atom. The minimum absolute atomic E-state index is 0.0695. The fourth-order valence-corrected chi connectivity index (χ4v) is 3.21. The summed E-state index contributed by atoms with van der Waals surface area (Å²) in [6, 6.07) is 0.413. The molecule has 1 atom stereocenters. The van der Waals surface area contributed by atoms with Crippen LogP contribution < -0.4 is 5.32 Å². The molecule has 1 aromatic rings. The van der Waals surface area contributed by atoms with Crippen LogP contribution in [0.3, 0.4) is 0 Å². The van der Waals surface area contributed by atoms with Gasteiger partial charge in [0.15, 0.2) is 0 Å². The number of amides is 1. The molecule has 1 amide bonds. The zero-order valence-electron chi connectivity index (χ0n) is 15.7. The average Bonchev–Trinajstić information content (AvgIpc) is 2.88. The second kappa shape index (κ2) is 7.55. The minimum Gasteiger partial charge on any atom is -0.444 e. The summed E-state index contributed by atoms with van der Waals surface area (Å²) in [7, 11) is 0. The van der Waals surface area contributed by atoms with Gasteiger partial charge in [-0.2, -0.15) is 0 Å². The van der Waals surface area contributed by atoms with Crippen LogP contribution in [0.2, 0.25) is 0 Å². The molecule has 2 heterocycles. The maximum Gasteiger partial charge on any atom is 0.410 e. The lowest BCUT2D eigenvalue weighted by Gasteiger charge is -2.31. The van der Waals surface area contributed by atoms with Gasteiger partial charge in [-0.3, -0.25) is 0 Å². The molecule has 136 valence electrons. The number of hydrogen-bond acceptors (Lipinski definition) is 4. The second-order valence-corrected chi connectivity index (χ2v) is 8.51. The average molecular weight is 336 g/mol. The van der Waals surface area contributed by atoms with Gasteiger partial charge >= 0.3 is 6.09 Å². The Kier molecular flexibility index (Phi) is 5.91. The van der Waals surface area contributed by atoms with Gasteiger partial charge in [0.25, 0.3) is 0 Å². The Morgan fingerprint density at radius 2 is 2.17 bits per heavy atom. The molecule has 1 unspecified atom stereocenters. The highest BCUT2D eigenvalue weighted by Crippen LogP contribution is 2.29. The van der Waals surface area contributed by atoms with Crippen molar-refractivity contribution >= 4 is 6.09 Å². The molecule has 1 aromatic heterocycles. The van der Waals surface area contributed by atoms with Gasteiger partial charge in [-0.1, -0.05) is 13.8 Å². The fraction of sp³-hybridized carbons (Fsp3) is 0.778. The van der Waals surface area contributed by atoms with Crippen LogP contribution in [0, 0.1) is 5.41 Å². The van der Waals surface area contributed by atoms with Crippen molar-refractivity contribution in [2.24, 2.45) is 5.41 Å². The third-order valence-corrected chi connectivity index (χ3v) is 4.18. The quantitative estimate of drug-likeness (QED) is 0.918. The van der Waals surface area contributed by atoms with Gasteiger partial charge in [0, 0.05) is 44.6 Å². The molecule has 1 saturated heterocycles. The third-order valence-electron chi connectivity index (χ3n) is 4.18. The summed E-state index contributed by atoms with van der Waals surface area (Å²) in [5.41, 5.74) is -0.379. The van der Waals surface area contributed by atoms with E-state index in [1.807, 2.05) is 38.2 Å². The molecule has 6 nitrogen and oxygen atoms in total. The van der Waals surface area contributed by atoms with Crippen molar-refractivity contribution < 1.29 is 9.53 Å². The van der Waals surface area contributed by atoms with Gasteiger partial charge in [-0.15, -0.1) is 0 Å². The van der Waals surface area contributed by atoms with Crippen LogP contribution >= 0.6 is 0 Å². The number of ether oxygens (including phenoxy) is 1. The van der Waals surface area contributed by atoms with Crippen molar-refractivity contribution in [2.75, 3.05) is 19.6 Å². The number of nitrogens with zero attached hydrogens (tertiary/aromatic N) is 3. The molecule has 24 heavy (non-hydrogen) atoms. The van der Waals surface area contributed by atoms with E-state index in [1.54, 1.807) is 6.20 Å². The molecule has 0 spiro atoms. The zero-order chi connectivity index (χ0) is 17.8. The normalized spacial score (nSPS) is 21.4. The van der Waals surface area contributed by atoms with Gasteiger partial charge in [0.2, 0.25) is 0 Å². The summed E-state index contributed by atoms with van der Waals surface area (Å²) < 4.78 is 7.62. The number of aromatic nitrogens is 2. The molecule has 0 saturated carbocycles. The van der Waals surface area contributed by atoms with Crippen LogP contribution in [0.4, 0.5) is 4.79 Å². The molecule has 0 radical (unpaired) electrons. The van der Waals surface area contributed by atoms with E-state index in [4.69, 9.17) is 4.74 Å². The standard InChI is InChI=1S/C18H32N4O2/c1-17(2,3)24-16(23)22-9-6-15(12-18(4,5)13-22)20-8-11-21-10-7-19-14-21/h7,10,14-15,20H,6,8-9,11-13H2,1-5H3. The lowest BCUT2D eigenvalue weighted by Crippen LogP contribution is -2.41. The maximum absolute atomic E-state index is 12.4. The Balaban J connectivity index is 1.87. The van der Waals surface area contributed by atoms with Crippen molar-refractivity contribution in [1.29, 1.82) is 0 Å². The minimum atomic E-state index is -0.448. The fourth-order valence-electron chi connectivity index (χ4n) is 3.21. The van der Waals surface area contributed by atoms with E-state index in [1.165, 1.54) is 0 Å². The van der Waals surface area contributed by atoms with Crippen LogP contribution in [0.1, 0.15) is 47.5 Å². The van der Waals surface area contributed by atoms with E-state index >= 15 is 0 Å². The van der Waals surface area contributed by atoms with Crippen molar-refractivity contribution in [1.82, 2.24) is 19.8 Å². The molecule has 1 aliphatic heterocycles. The molecule has 1 N–H and O–H groups in total. The third kappa shape index (κ3) is 6.15. The molecule has 2 rings (SSSR count). The Labute approximate surface area is 145 Å². The topological polar surface area (TPSA) is 59.4 Å². The predicted molar refractivity (Wildman–Crippen MR) is 94.8 cm³/mol. The summed E-state index contributed by atoms with van der Waals surface area (Å²) in [5, 5.41) is 3.64. The number of hydrogen-bond donors (Lipinski definition) is 1. The monoisotopic (exact) mass is 336 g/mol. The largest absolute Gasteiger partial charge is 0.444 e. The van der Waals surface area contributed by atoms with Crippen molar-refractivity contribution in [3.63, 3.8) is 0 Å². The SMILES string of the molecule is CC1(C)CC(NCCn2ccnc2)CCN(C(=O)OC(C)(C)C)C1. The Bertz CT molecular complexity index is 520. The molecule has 0 bridgehead atoms. The second-order valence-electron chi connectivity index (χ2n) is 8.51. The number of nitrogens with one attached hydrogen (secondary N) is 1. The van der Waals surface area contributed by atoms with Gasteiger partial charge in [-0.05, 0) is 39.0 Å². The first-order valence-corrected chi connectivity index (χ1v) is 8.82. The van der Waals surface area contributed by atoms with Crippen LogP contribution in [-0.4, -0.2) is 51.8 Å². The Morgan fingerprint density at radius 3 is 2.79 bits per heavy atom. The summed E-state index contributed by atoms with van der Waals surface area (Å²) in [5.74, 6) is 0. The first-order valence-electron chi connectivity index (χ1n) is 8.82. The van der Waals surface area contributed by atoms with Crippen molar-refractivity contribution in [3.8, 4) is 0 Å².